The normalized spacial score (nSPS) is 17.1. The molecule has 154 valence electrons. The number of aryl methyl sites for hydroxylation is 2. The van der Waals surface area contributed by atoms with Crippen molar-refractivity contribution in [3.05, 3.63) is 58.9 Å². The second-order valence-electron chi connectivity index (χ2n) is 7.89. The summed E-state index contributed by atoms with van der Waals surface area (Å²) in [5.41, 5.74) is 3.33. The zero-order valence-corrected chi connectivity index (χ0v) is 16.9. The van der Waals surface area contributed by atoms with E-state index >= 15 is 0 Å². The fourth-order valence-electron chi connectivity index (χ4n) is 4.42. The van der Waals surface area contributed by atoms with E-state index in [0.717, 1.165) is 41.8 Å². The van der Waals surface area contributed by atoms with Crippen molar-refractivity contribution >= 4 is 28.1 Å². The molecule has 1 fully saturated rings. The van der Waals surface area contributed by atoms with Gasteiger partial charge in [0.25, 0.3) is 0 Å². The molecule has 8 heteroatoms. The maximum atomic E-state index is 12.9. The Hall–Kier alpha value is -3.42. The van der Waals surface area contributed by atoms with Gasteiger partial charge in [0.2, 0.25) is 5.91 Å². The summed E-state index contributed by atoms with van der Waals surface area (Å²) in [6.07, 6.45) is 4.41. The molecule has 1 atom stereocenters. The van der Waals surface area contributed by atoms with Crippen LogP contribution in [0.2, 0.25) is 0 Å². The van der Waals surface area contributed by atoms with Crippen molar-refractivity contribution in [2.75, 3.05) is 13.1 Å². The minimum atomic E-state index is -0.0784. The highest BCUT2D eigenvalue weighted by Gasteiger charge is 2.28. The summed E-state index contributed by atoms with van der Waals surface area (Å²) in [7, 11) is 1.77. The largest absolute Gasteiger partial charge is 0.342 e. The lowest BCUT2D eigenvalue weighted by atomic mass is 10.0. The number of piperidine rings is 1. The Morgan fingerprint density at radius 3 is 2.97 bits per heavy atom. The van der Waals surface area contributed by atoms with Crippen molar-refractivity contribution in [3.63, 3.8) is 0 Å². The third kappa shape index (κ3) is 3.18. The fraction of sp³-hybridized carbons (Fsp3) is 0.364. The lowest BCUT2D eigenvalue weighted by molar-refractivity contribution is -0.132. The van der Waals surface area contributed by atoms with Gasteiger partial charge in [-0.1, -0.05) is 12.1 Å². The van der Waals surface area contributed by atoms with Crippen LogP contribution in [-0.2, 0) is 18.3 Å². The van der Waals surface area contributed by atoms with Gasteiger partial charge in [-0.25, -0.2) is 14.8 Å². The topological polar surface area (TPSA) is 88.8 Å². The zero-order valence-electron chi connectivity index (χ0n) is 16.9. The van der Waals surface area contributed by atoms with Gasteiger partial charge >= 0.3 is 5.69 Å². The van der Waals surface area contributed by atoms with Crippen LogP contribution < -0.4 is 5.69 Å². The molecule has 0 radical (unpaired) electrons. The highest BCUT2D eigenvalue weighted by molar-refractivity contribution is 5.77. The Labute approximate surface area is 173 Å². The van der Waals surface area contributed by atoms with Crippen molar-refractivity contribution in [3.8, 4) is 0 Å². The van der Waals surface area contributed by atoms with E-state index in [9.17, 15) is 9.59 Å². The molecule has 3 aromatic heterocycles. The molecule has 4 aromatic rings. The van der Waals surface area contributed by atoms with Gasteiger partial charge in [0.05, 0.1) is 22.6 Å². The van der Waals surface area contributed by atoms with Gasteiger partial charge in [-0.3, -0.25) is 13.9 Å². The molecule has 0 saturated carbocycles. The Kier molecular flexibility index (Phi) is 4.61. The molecule has 1 saturated heterocycles. The van der Waals surface area contributed by atoms with Crippen LogP contribution in [0.5, 0.6) is 0 Å². The van der Waals surface area contributed by atoms with Crippen LogP contribution in [0, 0.1) is 0 Å². The van der Waals surface area contributed by atoms with Crippen LogP contribution in [0.25, 0.3) is 22.2 Å². The number of carbonyl (C=O) groups is 1. The van der Waals surface area contributed by atoms with Crippen LogP contribution in [0.3, 0.4) is 0 Å². The second kappa shape index (κ2) is 7.44. The summed E-state index contributed by atoms with van der Waals surface area (Å²) >= 11 is 0. The summed E-state index contributed by atoms with van der Waals surface area (Å²) in [6.45, 7) is 1.26. The molecule has 30 heavy (non-hydrogen) atoms. The average molecular weight is 404 g/mol. The van der Waals surface area contributed by atoms with Gasteiger partial charge in [0.15, 0.2) is 5.65 Å². The van der Waals surface area contributed by atoms with E-state index in [0.29, 0.717) is 25.0 Å². The lowest BCUT2D eigenvalue weighted by Crippen LogP contribution is -2.43. The fourth-order valence-corrected chi connectivity index (χ4v) is 4.42. The first-order chi connectivity index (χ1) is 14.6. The van der Waals surface area contributed by atoms with Crippen LogP contribution >= 0.6 is 0 Å². The van der Waals surface area contributed by atoms with Crippen LogP contribution in [0.15, 0.2) is 47.4 Å². The number of aromatic nitrogens is 5. The maximum absolute atomic E-state index is 12.9. The summed E-state index contributed by atoms with van der Waals surface area (Å²) < 4.78 is 3.39. The summed E-state index contributed by atoms with van der Waals surface area (Å²) in [4.78, 5) is 39.9. The quantitative estimate of drug-likeness (QED) is 0.566. The number of para-hydroxylation sites is 2. The first kappa shape index (κ1) is 18.6. The van der Waals surface area contributed by atoms with E-state index in [-0.39, 0.29) is 17.6 Å². The maximum Gasteiger partial charge on any atom is 0.330 e. The van der Waals surface area contributed by atoms with Crippen molar-refractivity contribution in [1.82, 2.24) is 29.0 Å². The number of pyridine rings is 1. The molecular formula is C22H24N6O2. The van der Waals surface area contributed by atoms with E-state index in [1.165, 1.54) is 0 Å². The number of likely N-dealkylation sites (tertiary alicyclic amines) is 1. The van der Waals surface area contributed by atoms with Crippen LogP contribution in [0.4, 0.5) is 0 Å². The number of amides is 1. The molecule has 5 rings (SSSR count). The molecule has 1 N–H and O–H groups in total. The van der Waals surface area contributed by atoms with Crippen LogP contribution in [-0.4, -0.2) is 48.0 Å². The van der Waals surface area contributed by atoms with Gasteiger partial charge in [0, 0.05) is 39.2 Å². The molecule has 8 nitrogen and oxygen atoms in total. The lowest BCUT2D eigenvalue weighted by Gasteiger charge is -2.33. The van der Waals surface area contributed by atoms with E-state index in [1.54, 1.807) is 22.4 Å². The number of benzene rings is 1. The third-order valence-electron chi connectivity index (χ3n) is 5.98. The predicted molar refractivity (Wildman–Crippen MR) is 114 cm³/mol. The molecule has 0 bridgehead atoms. The molecule has 1 aliphatic rings. The first-order valence-corrected chi connectivity index (χ1v) is 10.3. The van der Waals surface area contributed by atoms with Gasteiger partial charge in [-0.05, 0) is 37.1 Å². The Balaban J connectivity index is 1.31. The Morgan fingerprint density at radius 2 is 2.10 bits per heavy atom. The number of hydrogen-bond donors (Lipinski definition) is 1. The van der Waals surface area contributed by atoms with Gasteiger partial charge in [-0.15, -0.1) is 0 Å². The first-order valence-electron chi connectivity index (χ1n) is 10.3. The van der Waals surface area contributed by atoms with E-state index in [4.69, 9.17) is 0 Å². The van der Waals surface area contributed by atoms with E-state index in [2.05, 4.69) is 15.0 Å². The van der Waals surface area contributed by atoms with E-state index in [1.807, 2.05) is 41.3 Å². The number of carbonyl (C=O) groups excluding carboxylic acids is 1. The average Bonchev–Trinajstić information content (AvgIpc) is 3.31. The second-order valence-corrected chi connectivity index (χ2v) is 7.89. The monoisotopic (exact) mass is 404 g/mol. The third-order valence-corrected chi connectivity index (χ3v) is 5.98. The van der Waals surface area contributed by atoms with Gasteiger partial charge in [-0.2, -0.15) is 0 Å². The minimum absolute atomic E-state index is 0.0556. The SMILES string of the molecule is Cn1c(=O)n(C2CCCN(C(=O)CCc3nc4ccccc4[nH]3)C2)c2ncccc21. The number of nitrogens with one attached hydrogen (secondary N) is 1. The molecular weight excluding hydrogens is 380 g/mol. The summed E-state index contributed by atoms with van der Waals surface area (Å²) in [6, 6.07) is 11.5. The van der Waals surface area contributed by atoms with Crippen LogP contribution in [0.1, 0.15) is 31.1 Å². The number of nitrogens with zero attached hydrogens (tertiary/aromatic N) is 5. The van der Waals surface area contributed by atoms with E-state index < -0.39 is 0 Å². The smallest absolute Gasteiger partial charge is 0.330 e. The highest BCUT2D eigenvalue weighted by Crippen LogP contribution is 2.24. The summed E-state index contributed by atoms with van der Waals surface area (Å²) in [5.74, 6) is 0.925. The molecule has 4 heterocycles. The molecule has 1 aliphatic heterocycles. The number of rotatable bonds is 4. The van der Waals surface area contributed by atoms with Crippen molar-refractivity contribution in [2.45, 2.75) is 31.7 Å². The molecule has 1 amide bonds. The Morgan fingerprint density at radius 1 is 1.23 bits per heavy atom. The van der Waals surface area contributed by atoms with Crippen molar-refractivity contribution in [2.24, 2.45) is 7.05 Å². The number of hydrogen-bond acceptors (Lipinski definition) is 4. The standard InChI is InChI=1S/C22H24N6O2/c1-26-18-9-4-12-23-21(18)28(22(26)30)15-6-5-13-27(14-15)20(29)11-10-19-24-16-7-2-3-8-17(16)25-19/h2-4,7-9,12,15H,5-6,10-11,13-14H2,1H3,(H,24,25). The summed E-state index contributed by atoms with van der Waals surface area (Å²) in [5, 5.41) is 0. The highest BCUT2D eigenvalue weighted by atomic mass is 16.2. The van der Waals surface area contributed by atoms with Crippen molar-refractivity contribution in [1.29, 1.82) is 0 Å². The minimum Gasteiger partial charge on any atom is -0.342 e. The number of aromatic amines is 1. The molecule has 0 aliphatic carbocycles. The Bertz CT molecular complexity index is 1250. The number of H-pyrrole nitrogens is 1. The zero-order chi connectivity index (χ0) is 20.7. The molecule has 1 aromatic carbocycles. The molecule has 0 spiro atoms. The molecule has 1 unspecified atom stereocenters. The number of imidazole rings is 2. The number of fused-ring (bicyclic) bond motifs is 2. The predicted octanol–water partition coefficient (Wildman–Crippen LogP) is 2.41. The van der Waals surface area contributed by atoms with Crippen molar-refractivity contribution < 1.29 is 4.79 Å². The van der Waals surface area contributed by atoms with Gasteiger partial charge < -0.3 is 9.88 Å². The van der Waals surface area contributed by atoms with Gasteiger partial charge in [0.1, 0.15) is 5.82 Å².